The largest absolute Gasteiger partial charge is 0.284 e. The Morgan fingerprint density at radius 1 is 0.970 bits per heavy atom. The van der Waals surface area contributed by atoms with Crippen molar-refractivity contribution < 1.29 is 8.42 Å². The second-order valence-corrected chi connectivity index (χ2v) is 9.60. The minimum absolute atomic E-state index is 0.168. The molecule has 0 bridgehead atoms. The SMILES string of the molecule is CS(=O)(=O)Nc1ccc(CCc2[nH]nc3c2c(=O)n(-c2ccccc2)c2ncccc32)cc1. The summed E-state index contributed by atoms with van der Waals surface area (Å²) in [6.45, 7) is 0. The number of pyridine rings is 2. The first-order valence-corrected chi connectivity index (χ1v) is 12.3. The van der Waals surface area contributed by atoms with Crippen LogP contribution in [0.3, 0.4) is 0 Å². The van der Waals surface area contributed by atoms with Gasteiger partial charge in [-0.05, 0) is 54.8 Å². The van der Waals surface area contributed by atoms with Crippen LogP contribution in [0.1, 0.15) is 11.3 Å². The minimum atomic E-state index is -3.32. The number of anilines is 1. The van der Waals surface area contributed by atoms with E-state index in [9.17, 15) is 13.2 Å². The van der Waals surface area contributed by atoms with Gasteiger partial charge in [0.05, 0.1) is 17.3 Å². The Hall–Kier alpha value is -3.98. The molecular weight excluding hydrogens is 438 g/mol. The summed E-state index contributed by atoms with van der Waals surface area (Å²) in [5, 5.41) is 8.86. The number of rotatable bonds is 6. The van der Waals surface area contributed by atoms with Crippen LogP contribution >= 0.6 is 0 Å². The standard InChI is InChI=1S/C24H21N5O3S/c1-33(31,32)28-17-12-9-16(10-13-17)11-14-20-21-22(27-26-20)19-8-5-15-25-23(19)29(24(21)30)18-6-3-2-4-7-18/h2-10,12-13,15,28H,11,14H2,1H3,(H,26,27). The van der Waals surface area contributed by atoms with Crippen LogP contribution in [0.5, 0.6) is 0 Å². The average Bonchev–Trinajstić information content (AvgIpc) is 3.23. The second-order valence-electron chi connectivity index (χ2n) is 7.85. The number of hydrogen-bond acceptors (Lipinski definition) is 5. The predicted molar refractivity (Wildman–Crippen MR) is 129 cm³/mol. The number of fused-ring (bicyclic) bond motifs is 3. The molecule has 5 aromatic rings. The average molecular weight is 460 g/mol. The fraction of sp³-hybridized carbons (Fsp3) is 0.125. The van der Waals surface area contributed by atoms with Crippen molar-refractivity contribution >= 4 is 37.6 Å². The fourth-order valence-electron chi connectivity index (χ4n) is 3.99. The molecule has 0 spiro atoms. The van der Waals surface area contributed by atoms with Gasteiger partial charge in [-0.15, -0.1) is 0 Å². The number of H-pyrrole nitrogens is 1. The van der Waals surface area contributed by atoms with Gasteiger partial charge in [0.25, 0.3) is 5.56 Å². The van der Waals surface area contributed by atoms with Gasteiger partial charge < -0.3 is 0 Å². The number of nitrogens with zero attached hydrogens (tertiary/aromatic N) is 3. The second kappa shape index (κ2) is 8.18. The first-order chi connectivity index (χ1) is 15.9. The van der Waals surface area contributed by atoms with E-state index in [1.165, 1.54) is 0 Å². The fourth-order valence-corrected chi connectivity index (χ4v) is 4.56. The van der Waals surface area contributed by atoms with Crippen LogP contribution in [0.2, 0.25) is 0 Å². The first-order valence-electron chi connectivity index (χ1n) is 10.4. The van der Waals surface area contributed by atoms with E-state index >= 15 is 0 Å². The maximum Gasteiger partial charge on any atom is 0.268 e. The molecule has 9 heteroatoms. The molecule has 8 nitrogen and oxygen atoms in total. The molecule has 0 saturated carbocycles. The third-order valence-corrected chi connectivity index (χ3v) is 6.05. The molecule has 0 atom stereocenters. The number of aryl methyl sites for hydroxylation is 2. The van der Waals surface area contributed by atoms with Crippen LogP contribution in [0.25, 0.3) is 27.6 Å². The van der Waals surface area contributed by atoms with Crippen LogP contribution in [-0.2, 0) is 22.9 Å². The van der Waals surface area contributed by atoms with E-state index in [0.29, 0.717) is 35.1 Å². The molecule has 3 heterocycles. The minimum Gasteiger partial charge on any atom is -0.284 e. The van der Waals surface area contributed by atoms with Gasteiger partial charge in [-0.3, -0.25) is 19.2 Å². The third kappa shape index (κ3) is 4.10. The number of aromatic nitrogens is 4. The van der Waals surface area contributed by atoms with Gasteiger partial charge in [0.2, 0.25) is 10.0 Å². The summed E-state index contributed by atoms with van der Waals surface area (Å²) >= 11 is 0. The molecule has 0 aliphatic carbocycles. The zero-order valence-electron chi connectivity index (χ0n) is 17.8. The van der Waals surface area contributed by atoms with E-state index < -0.39 is 10.0 Å². The van der Waals surface area contributed by atoms with E-state index in [2.05, 4.69) is 19.9 Å². The number of benzene rings is 2. The quantitative estimate of drug-likeness (QED) is 0.404. The van der Waals surface area contributed by atoms with Crippen molar-refractivity contribution in [3.63, 3.8) is 0 Å². The molecule has 0 fully saturated rings. The number of nitrogens with one attached hydrogen (secondary N) is 2. The lowest BCUT2D eigenvalue weighted by atomic mass is 10.1. The van der Waals surface area contributed by atoms with E-state index in [1.54, 1.807) is 22.9 Å². The third-order valence-electron chi connectivity index (χ3n) is 5.45. The molecule has 0 unspecified atom stereocenters. The lowest BCUT2D eigenvalue weighted by molar-refractivity contribution is 0.607. The summed E-state index contributed by atoms with van der Waals surface area (Å²) in [5.74, 6) is 0. The topological polar surface area (TPSA) is 110 Å². The molecule has 2 N–H and O–H groups in total. The van der Waals surface area contributed by atoms with E-state index in [1.807, 2.05) is 54.6 Å². The highest BCUT2D eigenvalue weighted by Gasteiger charge is 2.18. The summed E-state index contributed by atoms with van der Waals surface area (Å²) < 4.78 is 26.9. The predicted octanol–water partition coefficient (Wildman–Crippen LogP) is 3.42. The monoisotopic (exact) mass is 459 g/mol. The molecule has 0 amide bonds. The lowest BCUT2D eigenvalue weighted by Crippen LogP contribution is -2.20. The van der Waals surface area contributed by atoms with Gasteiger partial charge in [0.1, 0.15) is 11.2 Å². The van der Waals surface area contributed by atoms with Crippen molar-refractivity contribution in [3.05, 3.63) is 94.5 Å². The molecule has 0 aliphatic rings. The van der Waals surface area contributed by atoms with E-state index in [4.69, 9.17) is 0 Å². The van der Waals surface area contributed by atoms with Gasteiger partial charge >= 0.3 is 0 Å². The van der Waals surface area contributed by atoms with Crippen molar-refractivity contribution in [2.24, 2.45) is 0 Å². The highest BCUT2D eigenvalue weighted by molar-refractivity contribution is 7.92. The molecule has 2 aromatic carbocycles. The number of para-hydroxylation sites is 1. The van der Waals surface area contributed by atoms with E-state index in [0.717, 1.165) is 28.6 Å². The van der Waals surface area contributed by atoms with E-state index in [-0.39, 0.29) is 5.56 Å². The Bertz CT molecular complexity index is 1620. The van der Waals surface area contributed by atoms with Crippen LogP contribution < -0.4 is 10.3 Å². The summed E-state index contributed by atoms with van der Waals surface area (Å²) in [4.78, 5) is 18.1. The first kappa shape index (κ1) is 20.9. The summed E-state index contributed by atoms with van der Waals surface area (Å²) in [6, 6.07) is 20.4. The molecular formula is C24H21N5O3S. The zero-order valence-corrected chi connectivity index (χ0v) is 18.6. The number of hydrogen-bond donors (Lipinski definition) is 2. The lowest BCUT2D eigenvalue weighted by Gasteiger charge is -2.10. The maximum absolute atomic E-state index is 13.6. The number of aromatic amines is 1. The van der Waals surface area contributed by atoms with Crippen molar-refractivity contribution in [3.8, 4) is 5.69 Å². The van der Waals surface area contributed by atoms with Crippen LogP contribution in [0.4, 0.5) is 5.69 Å². The molecule has 3 aromatic heterocycles. The molecule has 0 saturated heterocycles. The Labute approximate surface area is 190 Å². The van der Waals surface area contributed by atoms with Crippen molar-refractivity contribution in [2.45, 2.75) is 12.8 Å². The maximum atomic E-state index is 13.6. The molecule has 166 valence electrons. The Kier molecular flexibility index (Phi) is 5.18. The zero-order chi connectivity index (χ0) is 23.0. The molecule has 5 rings (SSSR count). The number of sulfonamides is 1. The summed E-state index contributed by atoms with van der Waals surface area (Å²) in [6.07, 6.45) is 4.02. The van der Waals surface area contributed by atoms with Crippen LogP contribution in [0, 0.1) is 0 Å². The van der Waals surface area contributed by atoms with Crippen molar-refractivity contribution in [2.75, 3.05) is 11.0 Å². The van der Waals surface area contributed by atoms with Gasteiger partial charge in [0, 0.05) is 23.0 Å². The molecule has 0 aliphatic heterocycles. The van der Waals surface area contributed by atoms with Crippen LogP contribution in [0.15, 0.2) is 77.7 Å². The highest BCUT2D eigenvalue weighted by Crippen LogP contribution is 2.24. The highest BCUT2D eigenvalue weighted by atomic mass is 32.2. The normalized spacial score (nSPS) is 11.8. The van der Waals surface area contributed by atoms with Crippen LogP contribution in [-0.4, -0.2) is 34.4 Å². The summed E-state index contributed by atoms with van der Waals surface area (Å²) in [5.41, 5.74) is 4.03. The van der Waals surface area contributed by atoms with Crippen molar-refractivity contribution in [1.82, 2.24) is 19.7 Å². The smallest absolute Gasteiger partial charge is 0.268 e. The molecule has 0 radical (unpaired) electrons. The Balaban J connectivity index is 1.54. The van der Waals surface area contributed by atoms with Gasteiger partial charge in [-0.1, -0.05) is 30.3 Å². The van der Waals surface area contributed by atoms with Gasteiger partial charge in [-0.2, -0.15) is 5.10 Å². The van der Waals surface area contributed by atoms with Gasteiger partial charge in [-0.25, -0.2) is 13.4 Å². The Morgan fingerprint density at radius 2 is 1.73 bits per heavy atom. The Morgan fingerprint density at radius 3 is 2.45 bits per heavy atom. The van der Waals surface area contributed by atoms with Crippen molar-refractivity contribution in [1.29, 1.82) is 0 Å². The molecule has 33 heavy (non-hydrogen) atoms. The summed E-state index contributed by atoms with van der Waals surface area (Å²) in [7, 11) is -3.32. The van der Waals surface area contributed by atoms with Gasteiger partial charge in [0.15, 0.2) is 0 Å².